The number of rotatable bonds is 4. The van der Waals surface area contributed by atoms with Crippen LogP contribution in [0.3, 0.4) is 0 Å². The van der Waals surface area contributed by atoms with Crippen molar-refractivity contribution < 1.29 is 9.18 Å². The second kappa shape index (κ2) is 7.22. The molecule has 1 N–H and O–H groups in total. The number of carbonyl (C=O) groups is 1. The first kappa shape index (κ1) is 16.1. The van der Waals surface area contributed by atoms with Crippen LogP contribution < -0.4 is 5.32 Å². The van der Waals surface area contributed by atoms with Crippen LogP contribution in [0.1, 0.15) is 40.2 Å². The van der Waals surface area contributed by atoms with E-state index in [1.165, 1.54) is 12.1 Å². The maximum atomic E-state index is 13.3. The van der Waals surface area contributed by atoms with E-state index in [9.17, 15) is 9.18 Å². The van der Waals surface area contributed by atoms with Gasteiger partial charge in [-0.1, -0.05) is 18.1 Å². The van der Waals surface area contributed by atoms with Crippen LogP contribution in [-0.4, -0.2) is 22.1 Å². The van der Waals surface area contributed by atoms with E-state index in [-0.39, 0.29) is 17.4 Å². The maximum Gasteiger partial charge on any atom is 0.272 e. The van der Waals surface area contributed by atoms with E-state index in [0.29, 0.717) is 6.42 Å². The van der Waals surface area contributed by atoms with Crippen LogP contribution in [0.15, 0.2) is 30.3 Å². The van der Waals surface area contributed by atoms with Crippen molar-refractivity contribution in [1.29, 1.82) is 0 Å². The van der Waals surface area contributed by atoms with Gasteiger partial charge in [-0.3, -0.25) is 4.79 Å². The number of nitrogens with one attached hydrogen (secondary N) is 1. The molecule has 24 heavy (non-hydrogen) atoms. The molecule has 0 saturated heterocycles. The normalized spacial score (nSPS) is 14.3. The van der Waals surface area contributed by atoms with E-state index in [1.807, 2.05) is 0 Å². The number of carbonyl (C=O) groups excluding carboxylic acids is 1. The topological polar surface area (TPSA) is 54.9 Å². The molecular formula is C19H18FN3O. The van der Waals surface area contributed by atoms with Crippen molar-refractivity contribution in [2.75, 3.05) is 0 Å². The predicted molar refractivity (Wildman–Crippen MR) is 88.9 cm³/mol. The Morgan fingerprint density at radius 2 is 2.12 bits per heavy atom. The summed E-state index contributed by atoms with van der Waals surface area (Å²) in [5, 5.41) is 10.9. The van der Waals surface area contributed by atoms with Crippen molar-refractivity contribution in [3.05, 3.63) is 58.7 Å². The first-order valence-corrected chi connectivity index (χ1v) is 8.02. The van der Waals surface area contributed by atoms with Crippen molar-refractivity contribution in [3.63, 3.8) is 0 Å². The van der Waals surface area contributed by atoms with Crippen LogP contribution in [0.5, 0.6) is 0 Å². The number of nitrogens with zero attached hydrogens (tertiary/aromatic N) is 2. The quantitative estimate of drug-likeness (QED) is 0.880. The van der Waals surface area contributed by atoms with Gasteiger partial charge in [-0.25, -0.2) is 4.39 Å². The fourth-order valence-corrected chi connectivity index (χ4v) is 2.88. The first-order valence-electron chi connectivity index (χ1n) is 8.02. The van der Waals surface area contributed by atoms with Crippen molar-refractivity contribution >= 4 is 5.91 Å². The average molecular weight is 323 g/mol. The van der Waals surface area contributed by atoms with Gasteiger partial charge in [-0.2, -0.15) is 5.10 Å². The molecule has 2 aromatic rings. The number of aromatic nitrogens is 2. The molecule has 0 aliphatic heterocycles. The molecule has 1 heterocycles. The Labute approximate surface area is 140 Å². The van der Waals surface area contributed by atoms with E-state index in [0.717, 1.165) is 42.5 Å². The number of amides is 1. The third kappa shape index (κ3) is 3.77. The van der Waals surface area contributed by atoms with Gasteiger partial charge in [0.25, 0.3) is 5.91 Å². The van der Waals surface area contributed by atoms with Crippen molar-refractivity contribution in [2.24, 2.45) is 0 Å². The Balaban J connectivity index is 1.69. The lowest BCUT2D eigenvalue weighted by atomic mass is 9.96. The lowest BCUT2D eigenvalue weighted by Crippen LogP contribution is -2.36. The fraction of sp³-hybridized carbons (Fsp3) is 0.316. The molecule has 4 nitrogen and oxygen atoms in total. The molecule has 1 unspecified atom stereocenters. The number of halogens is 1. The smallest absolute Gasteiger partial charge is 0.272 e. The van der Waals surface area contributed by atoms with Gasteiger partial charge in [-0.05, 0) is 55.0 Å². The van der Waals surface area contributed by atoms with Crippen LogP contribution in [0.25, 0.3) is 0 Å². The van der Waals surface area contributed by atoms with Gasteiger partial charge in [-0.15, -0.1) is 11.5 Å². The lowest BCUT2D eigenvalue weighted by Gasteiger charge is -2.16. The summed E-state index contributed by atoms with van der Waals surface area (Å²) in [5.41, 5.74) is 3.07. The zero-order valence-electron chi connectivity index (χ0n) is 13.3. The van der Waals surface area contributed by atoms with Crippen LogP contribution in [0, 0.1) is 18.2 Å². The van der Waals surface area contributed by atoms with Gasteiger partial charge >= 0.3 is 0 Å². The molecule has 1 aliphatic carbocycles. The monoisotopic (exact) mass is 323 g/mol. The molecule has 1 aliphatic rings. The van der Waals surface area contributed by atoms with Gasteiger partial charge in [0.2, 0.25) is 0 Å². The minimum atomic E-state index is -0.530. The summed E-state index contributed by atoms with van der Waals surface area (Å²) in [6.07, 6.45) is 9.91. The largest absolute Gasteiger partial charge is 0.337 e. The van der Waals surface area contributed by atoms with Crippen molar-refractivity contribution in [3.8, 4) is 12.3 Å². The van der Waals surface area contributed by atoms with E-state index < -0.39 is 6.04 Å². The number of benzene rings is 1. The Hall–Kier alpha value is -2.74. The molecule has 1 amide bonds. The number of aryl methyl sites for hydroxylation is 2. The summed E-state index contributed by atoms with van der Waals surface area (Å²) in [5.74, 6) is 1.85. The number of hydrogen-bond acceptors (Lipinski definition) is 3. The second-order valence-electron chi connectivity index (χ2n) is 5.94. The van der Waals surface area contributed by atoms with E-state index in [2.05, 4.69) is 21.4 Å². The summed E-state index contributed by atoms with van der Waals surface area (Å²) < 4.78 is 13.3. The summed E-state index contributed by atoms with van der Waals surface area (Å²) in [7, 11) is 0. The van der Waals surface area contributed by atoms with Crippen LogP contribution in [0.4, 0.5) is 4.39 Å². The number of hydrogen-bond donors (Lipinski definition) is 1. The number of fused-ring (bicyclic) bond motifs is 1. The summed E-state index contributed by atoms with van der Waals surface area (Å²) >= 11 is 0. The van der Waals surface area contributed by atoms with Gasteiger partial charge < -0.3 is 5.32 Å². The van der Waals surface area contributed by atoms with E-state index in [4.69, 9.17) is 6.42 Å². The molecule has 1 aromatic heterocycles. The Bertz CT molecular complexity index is 797. The molecule has 3 rings (SSSR count). The third-order valence-electron chi connectivity index (χ3n) is 4.14. The lowest BCUT2D eigenvalue weighted by molar-refractivity contribution is 0.0939. The molecular weight excluding hydrogens is 305 g/mol. The van der Waals surface area contributed by atoms with Crippen LogP contribution in [0.2, 0.25) is 0 Å². The average Bonchev–Trinajstić information content (AvgIpc) is 2.60. The highest BCUT2D eigenvalue weighted by atomic mass is 19.1. The summed E-state index contributed by atoms with van der Waals surface area (Å²) in [4.78, 5) is 12.4. The van der Waals surface area contributed by atoms with Crippen molar-refractivity contribution in [2.45, 2.75) is 38.1 Å². The van der Waals surface area contributed by atoms with Crippen LogP contribution >= 0.6 is 0 Å². The van der Waals surface area contributed by atoms with Gasteiger partial charge in [0.15, 0.2) is 5.69 Å². The molecule has 1 atom stereocenters. The van der Waals surface area contributed by atoms with E-state index >= 15 is 0 Å². The van der Waals surface area contributed by atoms with E-state index in [1.54, 1.807) is 18.2 Å². The minimum absolute atomic E-state index is 0.273. The van der Waals surface area contributed by atoms with Gasteiger partial charge in [0, 0.05) is 6.42 Å². The van der Waals surface area contributed by atoms with Gasteiger partial charge in [0.05, 0.1) is 11.7 Å². The standard InChI is InChI=1S/C19H18FN3O/c1-2-16(11-13-6-5-8-15(20)10-13)21-19(24)18-12-14-7-3-4-9-17(14)22-23-18/h1,5-6,8,10,12,16H,3-4,7,9,11H2,(H,21,24). The first-order chi connectivity index (χ1) is 11.7. The summed E-state index contributed by atoms with van der Waals surface area (Å²) in [6, 6.07) is 7.45. The highest BCUT2D eigenvalue weighted by molar-refractivity contribution is 5.92. The Kier molecular flexibility index (Phi) is 4.85. The molecule has 0 spiro atoms. The zero-order chi connectivity index (χ0) is 16.9. The predicted octanol–water partition coefficient (Wildman–Crippen LogP) is 2.47. The molecule has 122 valence electrons. The van der Waals surface area contributed by atoms with Crippen LogP contribution in [-0.2, 0) is 19.3 Å². The molecule has 5 heteroatoms. The van der Waals surface area contributed by atoms with Gasteiger partial charge in [0.1, 0.15) is 5.82 Å². The summed E-state index contributed by atoms with van der Waals surface area (Å²) in [6.45, 7) is 0. The SMILES string of the molecule is C#CC(Cc1cccc(F)c1)NC(=O)c1cc2c(nn1)CCCC2. The highest BCUT2D eigenvalue weighted by Crippen LogP contribution is 2.19. The molecule has 0 saturated carbocycles. The fourth-order valence-electron chi connectivity index (χ4n) is 2.88. The third-order valence-corrected chi connectivity index (χ3v) is 4.14. The molecule has 0 radical (unpaired) electrons. The van der Waals surface area contributed by atoms with Crippen molar-refractivity contribution in [1.82, 2.24) is 15.5 Å². The molecule has 1 aromatic carbocycles. The highest BCUT2D eigenvalue weighted by Gasteiger charge is 2.18. The Morgan fingerprint density at radius 1 is 1.29 bits per heavy atom. The second-order valence-corrected chi connectivity index (χ2v) is 5.94. The Morgan fingerprint density at radius 3 is 2.92 bits per heavy atom. The number of terminal acetylenes is 1. The maximum absolute atomic E-state index is 13.3. The minimum Gasteiger partial charge on any atom is -0.337 e. The molecule has 0 fully saturated rings. The zero-order valence-corrected chi connectivity index (χ0v) is 13.3. The molecule has 0 bridgehead atoms.